The monoisotopic (exact) mass is 234 g/mol. The van der Waals surface area contributed by atoms with Gasteiger partial charge in [0.25, 0.3) is 0 Å². The Bertz CT molecular complexity index is 417. The molecule has 0 aromatic carbocycles. The van der Waals surface area contributed by atoms with E-state index >= 15 is 0 Å². The molecule has 1 aromatic heterocycles. The van der Waals surface area contributed by atoms with Crippen LogP contribution < -0.4 is 0 Å². The smallest absolute Gasteiger partial charge is 0.145 e. The summed E-state index contributed by atoms with van der Waals surface area (Å²) >= 11 is 0. The highest BCUT2D eigenvalue weighted by Crippen LogP contribution is 2.47. The summed E-state index contributed by atoms with van der Waals surface area (Å²) in [5, 5.41) is 10.3. The lowest BCUT2D eigenvalue weighted by Crippen LogP contribution is -2.27. The number of carbonyl (C=O) groups excluding carboxylic acids is 1. The van der Waals surface area contributed by atoms with E-state index in [-0.39, 0.29) is 17.1 Å². The minimum absolute atomic E-state index is 0.0300. The third-order valence-corrected chi connectivity index (χ3v) is 3.70. The summed E-state index contributed by atoms with van der Waals surface area (Å²) in [6, 6.07) is 1.70. The van der Waals surface area contributed by atoms with Crippen molar-refractivity contribution in [3.05, 3.63) is 36.8 Å². The van der Waals surface area contributed by atoms with E-state index in [0.717, 1.165) is 6.42 Å². The summed E-state index contributed by atoms with van der Waals surface area (Å²) in [5.41, 5.74) is 0.279. The second-order valence-electron chi connectivity index (χ2n) is 5.38. The van der Waals surface area contributed by atoms with Crippen LogP contribution in [-0.2, 0) is 4.79 Å². The van der Waals surface area contributed by atoms with Gasteiger partial charge in [0.1, 0.15) is 5.78 Å². The first-order chi connectivity index (χ1) is 7.97. The van der Waals surface area contributed by atoms with Crippen molar-refractivity contribution < 1.29 is 14.3 Å². The predicted molar refractivity (Wildman–Crippen MR) is 64.2 cm³/mol. The van der Waals surface area contributed by atoms with Crippen molar-refractivity contribution in [2.24, 2.45) is 17.3 Å². The molecule has 0 aliphatic heterocycles. The van der Waals surface area contributed by atoms with Gasteiger partial charge in [-0.05, 0) is 18.4 Å². The molecule has 0 saturated heterocycles. The number of rotatable bonds is 3. The lowest BCUT2D eigenvalue weighted by molar-refractivity contribution is -0.130. The van der Waals surface area contributed by atoms with Crippen molar-refractivity contribution in [2.75, 3.05) is 0 Å². The Morgan fingerprint density at radius 1 is 1.65 bits per heavy atom. The van der Waals surface area contributed by atoms with Crippen molar-refractivity contribution in [1.29, 1.82) is 0 Å². The average Bonchev–Trinajstić information content (AvgIpc) is 2.86. The summed E-state index contributed by atoms with van der Waals surface area (Å²) in [6.07, 6.45) is 4.72. The van der Waals surface area contributed by atoms with E-state index in [2.05, 4.69) is 6.58 Å². The standard InChI is InChI=1S/C14H18O3/c1-4-9-7-14(2,3)13(16)11(9)12(15)10-5-6-17-8-10/h4-6,8-9,11-12,15H,1,7H2,2-3H3/t9-,11-,12-/m1/s1. The number of hydrogen-bond donors (Lipinski definition) is 1. The molecule has 1 saturated carbocycles. The van der Waals surface area contributed by atoms with Crippen LogP contribution in [0.3, 0.4) is 0 Å². The molecular formula is C14H18O3. The number of aliphatic hydroxyl groups excluding tert-OH is 1. The van der Waals surface area contributed by atoms with Gasteiger partial charge in [-0.2, -0.15) is 0 Å². The zero-order valence-corrected chi connectivity index (χ0v) is 10.2. The maximum atomic E-state index is 12.3. The topological polar surface area (TPSA) is 50.4 Å². The first kappa shape index (κ1) is 12.1. The SMILES string of the molecule is C=C[C@@H]1CC(C)(C)C(=O)[C@H]1[C@H](O)c1ccoc1. The number of aliphatic hydroxyl groups is 1. The van der Waals surface area contributed by atoms with Gasteiger partial charge < -0.3 is 9.52 Å². The van der Waals surface area contributed by atoms with Crippen LogP contribution in [0.1, 0.15) is 31.9 Å². The number of Topliss-reactive ketones (excluding diaryl/α,β-unsaturated/α-hetero) is 1. The lowest BCUT2D eigenvalue weighted by atomic mass is 9.85. The van der Waals surface area contributed by atoms with Crippen molar-refractivity contribution >= 4 is 5.78 Å². The molecule has 3 nitrogen and oxygen atoms in total. The van der Waals surface area contributed by atoms with Crippen LogP contribution in [0.25, 0.3) is 0 Å². The largest absolute Gasteiger partial charge is 0.472 e. The summed E-state index contributed by atoms with van der Waals surface area (Å²) in [4.78, 5) is 12.3. The van der Waals surface area contributed by atoms with Gasteiger partial charge in [0.2, 0.25) is 0 Å². The van der Waals surface area contributed by atoms with Crippen molar-refractivity contribution in [3.63, 3.8) is 0 Å². The Morgan fingerprint density at radius 2 is 2.35 bits per heavy atom. The van der Waals surface area contributed by atoms with Crippen LogP contribution in [0.2, 0.25) is 0 Å². The third kappa shape index (κ3) is 1.95. The van der Waals surface area contributed by atoms with E-state index in [9.17, 15) is 9.90 Å². The van der Waals surface area contributed by atoms with Gasteiger partial charge >= 0.3 is 0 Å². The van der Waals surface area contributed by atoms with E-state index in [0.29, 0.717) is 5.56 Å². The van der Waals surface area contributed by atoms with E-state index in [1.807, 2.05) is 13.8 Å². The van der Waals surface area contributed by atoms with Gasteiger partial charge in [0, 0.05) is 11.0 Å². The summed E-state index contributed by atoms with van der Waals surface area (Å²) in [6.45, 7) is 7.62. The molecule has 1 aliphatic rings. The molecule has 0 amide bonds. The minimum Gasteiger partial charge on any atom is -0.472 e. The molecule has 1 aromatic rings. The van der Waals surface area contributed by atoms with E-state index < -0.39 is 12.0 Å². The molecule has 0 spiro atoms. The molecule has 1 fully saturated rings. The Kier molecular flexibility index (Phi) is 2.96. The van der Waals surface area contributed by atoms with Crippen LogP contribution in [0.15, 0.2) is 35.7 Å². The Morgan fingerprint density at radius 3 is 2.88 bits per heavy atom. The molecule has 2 rings (SSSR count). The van der Waals surface area contributed by atoms with Crippen LogP contribution >= 0.6 is 0 Å². The van der Waals surface area contributed by atoms with Gasteiger partial charge in [-0.3, -0.25) is 4.79 Å². The quantitative estimate of drug-likeness (QED) is 0.818. The summed E-state index contributed by atoms with van der Waals surface area (Å²) < 4.78 is 4.95. The maximum absolute atomic E-state index is 12.3. The molecule has 1 heterocycles. The van der Waals surface area contributed by atoms with Crippen LogP contribution in [-0.4, -0.2) is 10.9 Å². The molecule has 0 unspecified atom stereocenters. The molecule has 0 radical (unpaired) electrons. The van der Waals surface area contributed by atoms with Crippen molar-refractivity contribution in [2.45, 2.75) is 26.4 Å². The number of ketones is 1. The molecule has 1 N–H and O–H groups in total. The highest BCUT2D eigenvalue weighted by molar-refractivity contribution is 5.89. The molecule has 17 heavy (non-hydrogen) atoms. The highest BCUT2D eigenvalue weighted by Gasteiger charge is 2.49. The van der Waals surface area contributed by atoms with Crippen LogP contribution in [0.5, 0.6) is 0 Å². The zero-order valence-electron chi connectivity index (χ0n) is 10.2. The third-order valence-electron chi connectivity index (χ3n) is 3.70. The predicted octanol–water partition coefficient (Wildman–Crippen LogP) is 2.73. The molecule has 3 heteroatoms. The van der Waals surface area contributed by atoms with Crippen LogP contribution in [0.4, 0.5) is 0 Å². The zero-order chi connectivity index (χ0) is 12.6. The minimum atomic E-state index is -0.800. The van der Waals surface area contributed by atoms with Gasteiger partial charge in [-0.15, -0.1) is 6.58 Å². The molecule has 0 bridgehead atoms. The van der Waals surface area contributed by atoms with Gasteiger partial charge in [0.15, 0.2) is 0 Å². The first-order valence-corrected chi connectivity index (χ1v) is 5.84. The second-order valence-corrected chi connectivity index (χ2v) is 5.38. The van der Waals surface area contributed by atoms with E-state index in [1.54, 1.807) is 12.1 Å². The van der Waals surface area contributed by atoms with Gasteiger partial charge in [-0.25, -0.2) is 0 Å². The maximum Gasteiger partial charge on any atom is 0.145 e. The van der Waals surface area contributed by atoms with Crippen molar-refractivity contribution in [1.82, 2.24) is 0 Å². The summed E-state index contributed by atoms with van der Waals surface area (Å²) in [5.74, 6) is -0.265. The molecular weight excluding hydrogens is 216 g/mol. The average molecular weight is 234 g/mol. The molecule has 3 atom stereocenters. The fraction of sp³-hybridized carbons (Fsp3) is 0.500. The number of hydrogen-bond acceptors (Lipinski definition) is 3. The highest BCUT2D eigenvalue weighted by atomic mass is 16.3. The Labute approximate surface area is 101 Å². The van der Waals surface area contributed by atoms with Gasteiger partial charge in [-0.1, -0.05) is 19.9 Å². The summed E-state index contributed by atoms with van der Waals surface area (Å²) in [7, 11) is 0. The normalized spacial score (nSPS) is 29.2. The fourth-order valence-electron chi connectivity index (χ4n) is 2.72. The lowest BCUT2D eigenvalue weighted by Gasteiger charge is -2.21. The van der Waals surface area contributed by atoms with E-state index in [4.69, 9.17) is 4.42 Å². The Balaban J connectivity index is 2.30. The van der Waals surface area contributed by atoms with E-state index in [1.165, 1.54) is 12.5 Å². The Hall–Kier alpha value is -1.35. The first-order valence-electron chi connectivity index (χ1n) is 5.84. The number of furan rings is 1. The molecule has 1 aliphatic carbocycles. The van der Waals surface area contributed by atoms with Crippen LogP contribution in [0, 0.1) is 17.3 Å². The fourth-order valence-corrected chi connectivity index (χ4v) is 2.72. The molecule has 92 valence electrons. The van der Waals surface area contributed by atoms with Gasteiger partial charge in [0.05, 0.1) is 24.5 Å². The number of allylic oxidation sites excluding steroid dienone is 1. The van der Waals surface area contributed by atoms with Crippen molar-refractivity contribution in [3.8, 4) is 0 Å². The second kappa shape index (κ2) is 4.15. The number of carbonyl (C=O) groups is 1.